The van der Waals surface area contributed by atoms with Crippen LogP contribution in [0.5, 0.6) is 0 Å². The second-order valence-electron chi connectivity index (χ2n) is 3.75. The number of hydrogen-bond acceptors (Lipinski definition) is 3. The van der Waals surface area contributed by atoms with Crippen LogP contribution >= 0.6 is 0 Å². The summed E-state index contributed by atoms with van der Waals surface area (Å²) in [5.74, 6) is -0.452. The van der Waals surface area contributed by atoms with Gasteiger partial charge in [0.05, 0.1) is 0 Å². The zero-order chi connectivity index (χ0) is 11.3. The fourth-order valence-electron chi connectivity index (χ4n) is 1.73. The Morgan fingerprint density at radius 2 is 2.07 bits per heavy atom. The van der Waals surface area contributed by atoms with Gasteiger partial charge in [0.15, 0.2) is 0 Å². The number of rotatable bonds is 4. The molecule has 0 aliphatic heterocycles. The highest BCUT2D eigenvalue weighted by Crippen LogP contribution is 2.21. The average molecular weight is 215 g/mol. The van der Waals surface area contributed by atoms with Crippen molar-refractivity contribution in [2.75, 3.05) is 0 Å². The Kier molecular flexibility index (Phi) is 4.39. The van der Waals surface area contributed by atoms with E-state index in [0.717, 1.165) is 25.7 Å². The van der Waals surface area contributed by atoms with Gasteiger partial charge in [-0.15, -0.1) is 0 Å². The second kappa shape index (κ2) is 5.58. The van der Waals surface area contributed by atoms with E-state index >= 15 is 0 Å². The smallest absolute Gasteiger partial charge is 0.405 e. The zero-order valence-electron chi connectivity index (χ0n) is 8.86. The minimum atomic E-state index is -1.19. The minimum Gasteiger partial charge on any atom is -0.465 e. The number of carboxylic acid groups (broad SMARTS) is 1. The van der Waals surface area contributed by atoms with E-state index in [2.05, 4.69) is 5.32 Å². The fraction of sp³-hybridized carbons (Fsp3) is 0.800. The summed E-state index contributed by atoms with van der Waals surface area (Å²) in [5.41, 5.74) is 0. The Hall–Kier alpha value is -1.26. The predicted molar refractivity (Wildman–Crippen MR) is 53.6 cm³/mol. The maximum Gasteiger partial charge on any atom is 0.405 e. The zero-order valence-corrected chi connectivity index (χ0v) is 8.86. The Morgan fingerprint density at radius 1 is 1.47 bits per heavy atom. The highest BCUT2D eigenvalue weighted by molar-refractivity contribution is 5.80. The highest BCUT2D eigenvalue weighted by atomic mass is 16.5. The molecule has 1 aliphatic rings. The molecule has 1 saturated carbocycles. The van der Waals surface area contributed by atoms with E-state index in [4.69, 9.17) is 9.84 Å². The molecule has 0 aromatic rings. The Morgan fingerprint density at radius 3 is 2.53 bits per heavy atom. The van der Waals surface area contributed by atoms with Gasteiger partial charge in [0, 0.05) is 0 Å². The van der Waals surface area contributed by atoms with Crippen molar-refractivity contribution in [3.05, 3.63) is 0 Å². The standard InChI is InChI=1S/C10H17NO4/c1-2-8(11-10(13)14)9(12)15-7-5-3-4-6-7/h7-8,11H,2-6H2,1H3,(H,13,14). The van der Waals surface area contributed by atoms with Crippen LogP contribution in [-0.2, 0) is 9.53 Å². The highest BCUT2D eigenvalue weighted by Gasteiger charge is 2.25. The maximum atomic E-state index is 11.5. The largest absolute Gasteiger partial charge is 0.465 e. The number of carbonyl (C=O) groups excluding carboxylic acids is 1. The predicted octanol–water partition coefficient (Wildman–Crippen LogP) is 1.52. The summed E-state index contributed by atoms with van der Waals surface area (Å²) >= 11 is 0. The SMILES string of the molecule is CCC(NC(=O)O)C(=O)OC1CCCC1. The molecule has 0 aromatic heterocycles. The van der Waals surface area contributed by atoms with Gasteiger partial charge in [0.2, 0.25) is 0 Å². The minimum absolute atomic E-state index is 0.0119. The molecule has 1 atom stereocenters. The monoisotopic (exact) mass is 215 g/mol. The first-order chi connectivity index (χ1) is 7.13. The van der Waals surface area contributed by atoms with E-state index in [1.54, 1.807) is 6.92 Å². The second-order valence-corrected chi connectivity index (χ2v) is 3.75. The van der Waals surface area contributed by atoms with E-state index < -0.39 is 18.1 Å². The van der Waals surface area contributed by atoms with Crippen LogP contribution in [0.15, 0.2) is 0 Å². The maximum absolute atomic E-state index is 11.5. The van der Waals surface area contributed by atoms with Gasteiger partial charge in [-0.2, -0.15) is 0 Å². The molecule has 5 heteroatoms. The van der Waals surface area contributed by atoms with Crippen molar-refractivity contribution in [1.29, 1.82) is 0 Å². The van der Waals surface area contributed by atoms with Crippen molar-refractivity contribution in [1.82, 2.24) is 5.32 Å². The molecule has 0 spiro atoms. The number of carbonyl (C=O) groups is 2. The quantitative estimate of drug-likeness (QED) is 0.697. The van der Waals surface area contributed by atoms with E-state index in [0.29, 0.717) is 6.42 Å². The lowest BCUT2D eigenvalue weighted by Crippen LogP contribution is -2.41. The summed E-state index contributed by atoms with van der Waals surface area (Å²) in [4.78, 5) is 21.9. The molecule has 1 rings (SSSR count). The summed E-state index contributed by atoms with van der Waals surface area (Å²) in [5, 5.41) is 10.7. The molecule has 1 fully saturated rings. The van der Waals surface area contributed by atoms with Crippen LogP contribution in [0.3, 0.4) is 0 Å². The Bertz CT molecular complexity index is 236. The molecule has 1 unspecified atom stereocenters. The molecule has 0 bridgehead atoms. The number of esters is 1. The van der Waals surface area contributed by atoms with Gasteiger partial charge >= 0.3 is 12.1 Å². The van der Waals surface area contributed by atoms with Gasteiger partial charge in [0.25, 0.3) is 0 Å². The molecule has 5 nitrogen and oxygen atoms in total. The van der Waals surface area contributed by atoms with Crippen molar-refractivity contribution in [2.24, 2.45) is 0 Å². The van der Waals surface area contributed by atoms with Crippen molar-refractivity contribution < 1.29 is 19.4 Å². The third kappa shape index (κ3) is 3.77. The van der Waals surface area contributed by atoms with Gasteiger partial charge in [-0.25, -0.2) is 9.59 Å². The molecule has 2 N–H and O–H groups in total. The van der Waals surface area contributed by atoms with Gasteiger partial charge in [0.1, 0.15) is 12.1 Å². The molecule has 86 valence electrons. The van der Waals surface area contributed by atoms with Crippen LogP contribution in [-0.4, -0.2) is 29.3 Å². The third-order valence-corrected chi connectivity index (χ3v) is 2.58. The van der Waals surface area contributed by atoms with Crippen molar-refractivity contribution >= 4 is 12.1 Å². The first-order valence-electron chi connectivity index (χ1n) is 5.33. The van der Waals surface area contributed by atoms with Crippen LogP contribution in [0.2, 0.25) is 0 Å². The first-order valence-corrected chi connectivity index (χ1v) is 5.33. The average Bonchev–Trinajstić information content (AvgIpc) is 2.66. The van der Waals surface area contributed by atoms with Crippen molar-refractivity contribution in [3.63, 3.8) is 0 Å². The molecule has 15 heavy (non-hydrogen) atoms. The third-order valence-electron chi connectivity index (χ3n) is 2.58. The first kappa shape index (κ1) is 11.8. The molecular formula is C10H17NO4. The Balaban J connectivity index is 2.38. The van der Waals surface area contributed by atoms with E-state index in [1.165, 1.54) is 0 Å². The normalized spacial score (nSPS) is 18.5. The molecule has 0 radical (unpaired) electrons. The van der Waals surface area contributed by atoms with Crippen molar-refractivity contribution in [3.8, 4) is 0 Å². The molecule has 1 aliphatic carbocycles. The van der Waals surface area contributed by atoms with Gasteiger partial charge < -0.3 is 15.2 Å². The summed E-state index contributed by atoms with van der Waals surface area (Å²) in [7, 11) is 0. The molecule has 1 amide bonds. The number of amides is 1. The van der Waals surface area contributed by atoms with Crippen LogP contribution in [0.4, 0.5) is 4.79 Å². The number of hydrogen-bond donors (Lipinski definition) is 2. The summed E-state index contributed by atoms with van der Waals surface area (Å²) in [6.07, 6.45) is 3.18. The number of ether oxygens (including phenoxy) is 1. The lowest BCUT2D eigenvalue weighted by atomic mass is 10.2. The molecule has 0 heterocycles. The molecule has 0 aromatic carbocycles. The van der Waals surface area contributed by atoms with E-state index in [-0.39, 0.29) is 6.10 Å². The van der Waals surface area contributed by atoms with Crippen LogP contribution in [0.1, 0.15) is 39.0 Å². The van der Waals surface area contributed by atoms with E-state index in [9.17, 15) is 9.59 Å². The van der Waals surface area contributed by atoms with Crippen LogP contribution in [0.25, 0.3) is 0 Å². The summed E-state index contributed by atoms with van der Waals surface area (Å²) in [6.45, 7) is 1.75. The van der Waals surface area contributed by atoms with E-state index in [1.807, 2.05) is 0 Å². The topological polar surface area (TPSA) is 75.6 Å². The van der Waals surface area contributed by atoms with Gasteiger partial charge in [-0.1, -0.05) is 6.92 Å². The summed E-state index contributed by atoms with van der Waals surface area (Å²) in [6, 6.07) is -0.733. The van der Waals surface area contributed by atoms with Crippen LogP contribution < -0.4 is 5.32 Å². The summed E-state index contributed by atoms with van der Waals surface area (Å²) < 4.78 is 5.20. The number of nitrogens with one attached hydrogen (secondary N) is 1. The molecule has 0 saturated heterocycles. The molecular weight excluding hydrogens is 198 g/mol. The van der Waals surface area contributed by atoms with Crippen molar-refractivity contribution in [2.45, 2.75) is 51.2 Å². The Labute approximate surface area is 88.8 Å². The van der Waals surface area contributed by atoms with Gasteiger partial charge in [-0.3, -0.25) is 0 Å². The lowest BCUT2D eigenvalue weighted by Gasteiger charge is -2.17. The lowest BCUT2D eigenvalue weighted by molar-refractivity contribution is -0.151. The van der Waals surface area contributed by atoms with Crippen LogP contribution in [0, 0.1) is 0 Å². The fourth-order valence-corrected chi connectivity index (χ4v) is 1.73. The van der Waals surface area contributed by atoms with Gasteiger partial charge in [-0.05, 0) is 32.1 Å².